The number of rotatable bonds is 3. The van der Waals surface area contributed by atoms with Crippen molar-refractivity contribution in [3.05, 3.63) is 58.1 Å². The van der Waals surface area contributed by atoms with Crippen LogP contribution in [0.5, 0.6) is 5.75 Å². The van der Waals surface area contributed by atoms with Crippen molar-refractivity contribution >= 4 is 11.6 Å². The van der Waals surface area contributed by atoms with Gasteiger partial charge in [-0.1, -0.05) is 11.6 Å². The zero-order chi connectivity index (χ0) is 15.0. The molecule has 1 atom stereocenters. The number of pyridine rings is 1. The minimum Gasteiger partial charge on any atom is -0.493 e. The van der Waals surface area contributed by atoms with Gasteiger partial charge < -0.3 is 9.84 Å². The summed E-state index contributed by atoms with van der Waals surface area (Å²) in [6.45, 7) is 2.27. The lowest BCUT2D eigenvalue weighted by Gasteiger charge is -2.24. The number of benzene rings is 1. The summed E-state index contributed by atoms with van der Waals surface area (Å²) in [5.41, 5.74) is 1.08. The van der Waals surface area contributed by atoms with Gasteiger partial charge in [0.25, 0.3) is 0 Å². The molecular weight excluding hydrogens is 293 g/mol. The molecule has 21 heavy (non-hydrogen) atoms. The van der Waals surface area contributed by atoms with Gasteiger partial charge in [0.05, 0.1) is 18.5 Å². The van der Waals surface area contributed by atoms with Crippen LogP contribution >= 0.6 is 11.6 Å². The molecule has 2 aromatic rings. The van der Waals surface area contributed by atoms with Crippen molar-refractivity contribution in [3.63, 3.8) is 0 Å². The normalized spacial score (nSPS) is 16.2. The summed E-state index contributed by atoms with van der Waals surface area (Å²) in [6, 6.07) is 6.46. The molecule has 0 bridgehead atoms. The minimum atomic E-state index is -1.22. The van der Waals surface area contributed by atoms with Gasteiger partial charge in [0, 0.05) is 17.9 Å². The smallest absolute Gasteiger partial charge is 0.141 e. The van der Waals surface area contributed by atoms with Gasteiger partial charge in [-0.3, -0.25) is 4.98 Å². The van der Waals surface area contributed by atoms with Gasteiger partial charge in [0.2, 0.25) is 0 Å². The lowest BCUT2D eigenvalue weighted by Crippen LogP contribution is -2.26. The van der Waals surface area contributed by atoms with Crippen LogP contribution in [0.25, 0.3) is 0 Å². The number of hydrogen-bond donors (Lipinski definition) is 1. The standard InChI is InChI=1S/C16H15ClFNO2/c1-16(20,14-3-2-13(18)9-19-14)8-11-7-12(17)6-10-4-5-21-15(10)11/h2-3,6-7,9,20H,4-5,8H2,1H3. The summed E-state index contributed by atoms with van der Waals surface area (Å²) in [6.07, 6.45) is 2.22. The van der Waals surface area contributed by atoms with E-state index >= 15 is 0 Å². The fourth-order valence-corrected chi connectivity index (χ4v) is 2.90. The molecule has 110 valence electrons. The van der Waals surface area contributed by atoms with E-state index in [9.17, 15) is 9.50 Å². The van der Waals surface area contributed by atoms with Crippen molar-refractivity contribution in [3.8, 4) is 5.75 Å². The Morgan fingerprint density at radius 2 is 2.24 bits per heavy atom. The van der Waals surface area contributed by atoms with Crippen LogP contribution in [0, 0.1) is 5.82 Å². The van der Waals surface area contributed by atoms with Crippen LogP contribution in [0.3, 0.4) is 0 Å². The van der Waals surface area contributed by atoms with Gasteiger partial charge in [0.1, 0.15) is 17.2 Å². The number of fused-ring (bicyclic) bond motifs is 1. The molecule has 0 amide bonds. The molecule has 1 N–H and O–H groups in total. The maximum Gasteiger partial charge on any atom is 0.141 e. The van der Waals surface area contributed by atoms with E-state index in [0.29, 0.717) is 23.7 Å². The van der Waals surface area contributed by atoms with Crippen LogP contribution in [0.1, 0.15) is 23.7 Å². The molecule has 3 rings (SSSR count). The van der Waals surface area contributed by atoms with Gasteiger partial charge in [-0.05, 0) is 42.3 Å². The summed E-state index contributed by atoms with van der Waals surface area (Å²) in [5.74, 6) is 0.364. The highest BCUT2D eigenvalue weighted by Gasteiger charge is 2.29. The topological polar surface area (TPSA) is 42.4 Å². The third kappa shape index (κ3) is 2.87. The SMILES string of the molecule is CC(O)(Cc1cc(Cl)cc2c1OCC2)c1ccc(F)cn1. The molecular formula is C16H15ClFNO2. The van der Waals surface area contributed by atoms with Gasteiger partial charge in [-0.15, -0.1) is 0 Å². The molecule has 1 unspecified atom stereocenters. The summed E-state index contributed by atoms with van der Waals surface area (Å²) >= 11 is 6.12. The van der Waals surface area contributed by atoms with E-state index < -0.39 is 11.4 Å². The lowest BCUT2D eigenvalue weighted by molar-refractivity contribution is 0.0522. The Bertz CT molecular complexity index is 671. The predicted octanol–water partition coefficient (Wildman–Crippen LogP) is 3.26. The van der Waals surface area contributed by atoms with Crippen LogP contribution < -0.4 is 4.74 Å². The monoisotopic (exact) mass is 307 g/mol. The van der Waals surface area contributed by atoms with Crippen LogP contribution in [-0.4, -0.2) is 16.7 Å². The number of hydrogen-bond acceptors (Lipinski definition) is 3. The molecule has 0 fully saturated rings. The molecule has 0 saturated heterocycles. The van der Waals surface area contributed by atoms with Crippen LogP contribution in [0.4, 0.5) is 4.39 Å². The highest BCUT2D eigenvalue weighted by Crippen LogP contribution is 2.36. The number of nitrogens with zero attached hydrogens (tertiary/aromatic N) is 1. The quantitative estimate of drug-likeness (QED) is 0.946. The summed E-state index contributed by atoms with van der Waals surface area (Å²) in [5, 5.41) is 11.3. The molecule has 0 saturated carbocycles. The largest absolute Gasteiger partial charge is 0.493 e. The zero-order valence-electron chi connectivity index (χ0n) is 11.6. The van der Waals surface area contributed by atoms with Crippen molar-refractivity contribution in [1.29, 1.82) is 0 Å². The lowest BCUT2D eigenvalue weighted by atomic mass is 9.91. The first-order chi connectivity index (χ1) is 9.95. The molecule has 5 heteroatoms. The highest BCUT2D eigenvalue weighted by molar-refractivity contribution is 6.30. The van der Waals surface area contributed by atoms with E-state index in [1.807, 2.05) is 6.07 Å². The Balaban J connectivity index is 1.94. The number of ether oxygens (including phenoxy) is 1. The van der Waals surface area contributed by atoms with Crippen LogP contribution in [0.2, 0.25) is 5.02 Å². The Kier molecular flexibility index (Phi) is 3.59. The average Bonchev–Trinajstić information content (AvgIpc) is 2.87. The van der Waals surface area contributed by atoms with Crippen molar-refractivity contribution < 1.29 is 14.2 Å². The molecule has 2 heterocycles. The molecule has 3 nitrogen and oxygen atoms in total. The van der Waals surface area contributed by atoms with Gasteiger partial charge in [0.15, 0.2) is 0 Å². The molecule has 0 aliphatic carbocycles. The van der Waals surface area contributed by atoms with Crippen LogP contribution in [-0.2, 0) is 18.4 Å². The maximum absolute atomic E-state index is 13.0. The average molecular weight is 308 g/mol. The Morgan fingerprint density at radius 1 is 1.43 bits per heavy atom. The maximum atomic E-state index is 13.0. The number of halogens is 2. The molecule has 1 aliphatic rings. The van der Waals surface area contributed by atoms with E-state index in [1.165, 1.54) is 12.1 Å². The second kappa shape index (κ2) is 5.28. The summed E-state index contributed by atoms with van der Waals surface area (Å²) in [7, 11) is 0. The van der Waals surface area contributed by atoms with E-state index in [0.717, 1.165) is 29.5 Å². The van der Waals surface area contributed by atoms with Crippen molar-refractivity contribution in [2.24, 2.45) is 0 Å². The molecule has 1 aromatic carbocycles. The summed E-state index contributed by atoms with van der Waals surface area (Å²) < 4.78 is 18.6. The van der Waals surface area contributed by atoms with Gasteiger partial charge >= 0.3 is 0 Å². The number of aliphatic hydroxyl groups is 1. The van der Waals surface area contributed by atoms with Crippen molar-refractivity contribution in [2.75, 3.05) is 6.61 Å². The first kappa shape index (κ1) is 14.3. The van der Waals surface area contributed by atoms with E-state index in [2.05, 4.69) is 4.98 Å². The van der Waals surface area contributed by atoms with E-state index in [4.69, 9.17) is 16.3 Å². The Morgan fingerprint density at radius 3 is 2.95 bits per heavy atom. The van der Waals surface area contributed by atoms with Crippen molar-refractivity contribution in [1.82, 2.24) is 4.98 Å². The van der Waals surface area contributed by atoms with Crippen LogP contribution in [0.15, 0.2) is 30.5 Å². The fraction of sp³-hybridized carbons (Fsp3) is 0.312. The third-order valence-electron chi connectivity index (χ3n) is 3.64. The molecule has 0 spiro atoms. The highest BCUT2D eigenvalue weighted by atomic mass is 35.5. The van der Waals surface area contributed by atoms with Gasteiger partial charge in [-0.25, -0.2) is 4.39 Å². The number of aromatic nitrogens is 1. The summed E-state index contributed by atoms with van der Waals surface area (Å²) in [4.78, 5) is 3.96. The van der Waals surface area contributed by atoms with Crippen molar-refractivity contribution in [2.45, 2.75) is 25.4 Å². The first-order valence-corrected chi connectivity index (χ1v) is 7.12. The second-order valence-corrected chi connectivity index (χ2v) is 5.90. The predicted molar refractivity (Wildman–Crippen MR) is 78.1 cm³/mol. The third-order valence-corrected chi connectivity index (χ3v) is 3.86. The van der Waals surface area contributed by atoms with E-state index in [-0.39, 0.29) is 0 Å². The molecule has 1 aromatic heterocycles. The van der Waals surface area contributed by atoms with E-state index in [1.54, 1.807) is 13.0 Å². The minimum absolute atomic E-state index is 0.300. The Labute approximate surface area is 127 Å². The molecule has 1 aliphatic heterocycles. The first-order valence-electron chi connectivity index (χ1n) is 6.74. The fourth-order valence-electron chi connectivity index (χ4n) is 2.63. The Hall–Kier alpha value is -1.65. The molecule has 0 radical (unpaired) electrons. The zero-order valence-corrected chi connectivity index (χ0v) is 12.3. The van der Waals surface area contributed by atoms with Gasteiger partial charge in [-0.2, -0.15) is 0 Å². The second-order valence-electron chi connectivity index (χ2n) is 5.46.